The molecule has 1 fully saturated rings. The van der Waals surface area contributed by atoms with Crippen LogP contribution in [0.2, 0.25) is 0 Å². The third-order valence-electron chi connectivity index (χ3n) is 5.31. The van der Waals surface area contributed by atoms with E-state index >= 15 is 0 Å². The highest BCUT2D eigenvalue weighted by atomic mass is 16.5. The predicted molar refractivity (Wildman–Crippen MR) is 112 cm³/mol. The average Bonchev–Trinajstić information content (AvgIpc) is 3.17. The zero-order chi connectivity index (χ0) is 20.1. The molecule has 4 rings (SSSR count). The highest BCUT2D eigenvalue weighted by Crippen LogP contribution is 2.26. The number of rotatable bonds is 6. The van der Waals surface area contributed by atoms with Crippen LogP contribution in [0.4, 0.5) is 0 Å². The Balaban J connectivity index is 1.49. The summed E-state index contributed by atoms with van der Waals surface area (Å²) < 4.78 is 5.87. The standard InChI is InChI=1S/C23H26N4O2/c1-26-24-21(18-10-4-2-5-11-18)22(25-26)23(28)27-16-9-8-12-19(27)15-17-29-20-13-6-3-7-14-20/h2-7,10-11,13-14,19H,8-9,12,15-17H2,1H3. The van der Waals surface area contributed by atoms with Crippen molar-refractivity contribution in [3.8, 4) is 17.0 Å². The fourth-order valence-electron chi connectivity index (χ4n) is 3.87. The van der Waals surface area contributed by atoms with Gasteiger partial charge in [0.25, 0.3) is 5.91 Å². The fraction of sp³-hybridized carbons (Fsp3) is 0.348. The number of carbonyl (C=O) groups excluding carboxylic acids is 1. The molecule has 1 aliphatic heterocycles. The molecule has 6 nitrogen and oxygen atoms in total. The first kappa shape index (κ1) is 19.2. The minimum Gasteiger partial charge on any atom is -0.494 e. The van der Waals surface area contributed by atoms with Gasteiger partial charge in [-0.2, -0.15) is 9.90 Å². The molecule has 0 saturated carbocycles. The molecule has 1 amide bonds. The zero-order valence-corrected chi connectivity index (χ0v) is 16.7. The second kappa shape index (κ2) is 8.90. The second-order valence-electron chi connectivity index (χ2n) is 7.35. The molecule has 3 aromatic rings. The fourth-order valence-corrected chi connectivity index (χ4v) is 3.87. The Morgan fingerprint density at radius 3 is 2.52 bits per heavy atom. The molecular formula is C23H26N4O2. The van der Waals surface area contributed by atoms with E-state index in [2.05, 4.69) is 10.2 Å². The zero-order valence-electron chi connectivity index (χ0n) is 16.7. The van der Waals surface area contributed by atoms with E-state index in [0.717, 1.165) is 43.5 Å². The molecule has 1 aromatic heterocycles. The van der Waals surface area contributed by atoms with Gasteiger partial charge in [-0.25, -0.2) is 0 Å². The van der Waals surface area contributed by atoms with Crippen LogP contribution < -0.4 is 4.74 Å². The number of nitrogens with zero attached hydrogens (tertiary/aromatic N) is 4. The van der Waals surface area contributed by atoms with Crippen LogP contribution in [0.5, 0.6) is 5.75 Å². The first-order chi connectivity index (χ1) is 14.2. The molecule has 1 atom stereocenters. The number of hydrogen-bond donors (Lipinski definition) is 0. The summed E-state index contributed by atoms with van der Waals surface area (Å²) in [6, 6.07) is 19.7. The number of aromatic nitrogens is 3. The topological polar surface area (TPSA) is 60.2 Å². The van der Waals surface area contributed by atoms with Crippen LogP contribution in [0.15, 0.2) is 60.7 Å². The summed E-state index contributed by atoms with van der Waals surface area (Å²) in [5.41, 5.74) is 1.97. The Morgan fingerprint density at radius 1 is 1.03 bits per heavy atom. The molecule has 1 aliphatic rings. The van der Waals surface area contributed by atoms with Gasteiger partial charge in [-0.3, -0.25) is 4.79 Å². The maximum atomic E-state index is 13.4. The maximum absolute atomic E-state index is 13.4. The van der Waals surface area contributed by atoms with Crippen molar-refractivity contribution in [2.24, 2.45) is 7.05 Å². The summed E-state index contributed by atoms with van der Waals surface area (Å²) >= 11 is 0. The molecule has 1 unspecified atom stereocenters. The van der Waals surface area contributed by atoms with Crippen molar-refractivity contribution < 1.29 is 9.53 Å². The lowest BCUT2D eigenvalue weighted by Gasteiger charge is -2.35. The highest BCUT2D eigenvalue weighted by Gasteiger charge is 2.31. The number of ether oxygens (including phenoxy) is 1. The summed E-state index contributed by atoms with van der Waals surface area (Å²) in [5, 5.41) is 8.86. The molecule has 29 heavy (non-hydrogen) atoms. The number of para-hydroxylation sites is 1. The molecule has 2 heterocycles. The molecule has 0 N–H and O–H groups in total. The van der Waals surface area contributed by atoms with Gasteiger partial charge in [-0.1, -0.05) is 48.5 Å². The van der Waals surface area contributed by atoms with Gasteiger partial charge in [0, 0.05) is 31.6 Å². The second-order valence-corrected chi connectivity index (χ2v) is 7.35. The molecule has 0 spiro atoms. The van der Waals surface area contributed by atoms with Crippen molar-refractivity contribution in [2.45, 2.75) is 31.7 Å². The van der Waals surface area contributed by atoms with Gasteiger partial charge in [0.15, 0.2) is 5.69 Å². The van der Waals surface area contributed by atoms with Crippen molar-refractivity contribution in [1.82, 2.24) is 19.9 Å². The SMILES string of the molecule is Cn1nc(C(=O)N2CCCCC2CCOc2ccccc2)c(-c2ccccc2)n1. The minimum atomic E-state index is -0.0404. The lowest BCUT2D eigenvalue weighted by Crippen LogP contribution is -2.44. The van der Waals surface area contributed by atoms with Crippen molar-refractivity contribution in [2.75, 3.05) is 13.2 Å². The predicted octanol–water partition coefficient (Wildman–Crippen LogP) is 3.95. The number of likely N-dealkylation sites (tertiary alicyclic amines) is 1. The molecule has 2 aromatic carbocycles. The lowest BCUT2D eigenvalue weighted by atomic mass is 9.98. The van der Waals surface area contributed by atoms with Gasteiger partial charge in [-0.15, -0.1) is 5.10 Å². The number of piperidine rings is 1. The van der Waals surface area contributed by atoms with Gasteiger partial charge < -0.3 is 9.64 Å². The summed E-state index contributed by atoms with van der Waals surface area (Å²) in [4.78, 5) is 16.9. The van der Waals surface area contributed by atoms with Crippen molar-refractivity contribution in [3.63, 3.8) is 0 Å². The van der Waals surface area contributed by atoms with Gasteiger partial charge in [-0.05, 0) is 31.4 Å². The van der Waals surface area contributed by atoms with Crippen LogP contribution in [0.25, 0.3) is 11.3 Å². The quantitative estimate of drug-likeness (QED) is 0.639. The smallest absolute Gasteiger partial charge is 0.276 e. The van der Waals surface area contributed by atoms with E-state index in [9.17, 15) is 4.79 Å². The Hall–Kier alpha value is -3.15. The van der Waals surface area contributed by atoms with E-state index in [4.69, 9.17) is 4.74 Å². The lowest BCUT2D eigenvalue weighted by molar-refractivity contribution is 0.0574. The first-order valence-electron chi connectivity index (χ1n) is 10.2. The Morgan fingerprint density at radius 2 is 1.76 bits per heavy atom. The first-order valence-corrected chi connectivity index (χ1v) is 10.2. The van der Waals surface area contributed by atoms with Crippen LogP contribution in [-0.2, 0) is 7.05 Å². The number of amides is 1. The average molecular weight is 390 g/mol. The van der Waals surface area contributed by atoms with E-state index in [-0.39, 0.29) is 11.9 Å². The number of aryl methyl sites for hydroxylation is 1. The summed E-state index contributed by atoms with van der Waals surface area (Å²) in [6.07, 6.45) is 3.95. The van der Waals surface area contributed by atoms with Crippen LogP contribution in [-0.4, -0.2) is 45.0 Å². The number of benzene rings is 2. The van der Waals surface area contributed by atoms with E-state index < -0.39 is 0 Å². The summed E-state index contributed by atoms with van der Waals surface area (Å²) in [7, 11) is 1.75. The van der Waals surface area contributed by atoms with Crippen molar-refractivity contribution in [3.05, 3.63) is 66.4 Å². The van der Waals surface area contributed by atoms with E-state index in [1.807, 2.05) is 65.6 Å². The van der Waals surface area contributed by atoms with Crippen LogP contribution >= 0.6 is 0 Å². The monoisotopic (exact) mass is 390 g/mol. The van der Waals surface area contributed by atoms with Gasteiger partial charge in [0.2, 0.25) is 0 Å². The van der Waals surface area contributed by atoms with Crippen molar-refractivity contribution >= 4 is 5.91 Å². The van der Waals surface area contributed by atoms with Gasteiger partial charge in [0.1, 0.15) is 11.4 Å². The van der Waals surface area contributed by atoms with Crippen LogP contribution in [0.1, 0.15) is 36.2 Å². The highest BCUT2D eigenvalue weighted by molar-refractivity contribution is 5.98. The molecule has 0 aliphatic carbocycles. The Kier molecular flexibility index (Phi) is 5.89. The minimum absolute atomic E-state index is 0.0404. The van der Waals surface area contributed by atoms with Crippen LogP contribution in [0.3, 0.4) is 0 Å². The van der Waals surface area contributed by atoms with Gasteiger partial charge >= 0.3 is 0 Å². The van der Waals surface area contributed by atoms with Crippen molar-refractivity contribution in [1.29, 1.82) is 0 Å². The Labute approximate surface area is 171 Å². The summed E-state index contributed by atoms with van der Waals surface area (Å²) in [6.45, 7) is 1.34. The molecule has 0 radical (unpaired) electrons. The molecule has 150 valence electrons. The van der Waals surface area contributed by atoms with E-state index in [1.165, 1.54) is 4.80 Å². The third kappa shape index (κ3) is 4.47. The molecule has 6 heteroatoms. The van der Waals surface area contributed by atoms with Gasteiger partial charge in [0.05, 0.1) is 6.61 Å². The van der Waals surface area contributed by atoms with Crippen LogP contribution in [0, 0.1) is 0 Å². The normalized spacial score (nSPS) is 16.6. The third-order valence-corrected chi connectivity index (χ3v) is 5.31. The molecular weight excluding hydrogens is 364 g/mol. The van der Waals surface area contributed by atoms with E-state index in [0.29, 0.717) is 18.0 Å². The molecule has 0 bridgehead atoms. The maximum Gasteiger partial charge on any atom is 0.276 e. The Bertz CT molecular complexity index is 940. The largest absolute Gasteiger partial charge is 0.494 e. The number of carbonyl (C=O) groups is 1. The number of hydrogen-bond acceptors (Lipinski definition) is 4. The van der Waals surface area contributed by atoms with E-state index in [1.54, 1.807) is 7.05 Å². The summed E-state index contributed by atoms with van der Waals surface area (Å²) in [5.74, 6) is 0.822. The molecule has 1 saturated heterocycles.